The molecule has 2 aliphatic heterocycles. The molecule has 0 aliphatic carbocycles. The van der Waals surface area contributed by atoms with Gasteiger partial charge in [0.2, 0.25) is 0 Å². The van der Waals surface area contributed by atoms with Crippen molar-refractivity contribution in [3.05, 3.63) is 152 Å². The second-order valence-electron chi connectivity index (χ2n) is 14.6. The summed E-state index contributed by atoms with van der Waals surface area (Å²) < 4.78 is 0. The van der Waals surface area contributed by atoms with Crippen molar-refractivity contribution in [3.63, 3.8) is 0 Å². The molecule has 0 unspecified atom stereocenters. The summed E-state index contributed by atoms with van der Waals surface area (Å²) in [6, 6.07) is 52.9. The maximum Gasteiger partial charge on any atom is 2.00 e. The first-order chi connectivity index (χ1) is 27.7. The molecule has 0 atom stereocenters. The Morgan fingerprint density at radius 2 is 0.596 bits per heavy atom. The molecule has 0 radical (unpaired) electrons. The molecule has 258 valence electrons. The number of hydrogen-bond donors (Lipinski definition) is 0. The maximum atomic E-state index is 5.36. The van der Waals surface area contributed by atoms with E-state index in [0.717, 1.165) is 97.9 Å². The van der Waals surface area contributed by atoms with Gasteiger partial charge in [-0.15, -0.1) is 29.0 Å². The van der Waals surface area contributed by atoms with Gasteiger partial charge in [-0.2, -0.15) is 0 Å². The Hall–Kier alpha value is -7.15. The third-order valence-corrected chi connectivity index (χ3v) is 11.3. The van der Waals surface area contributed by atoms with Crippen LogP contribution in [-0.2, 0) is 19.5 Å². The van der Waals surface area contributed by atoms with Crippen molar-refractivity contribution in [1.29, 1.82) is 0 Å². The van der Waals surface area contributed by atoms with Gasteiger partial charge in [0.1, 0.15) is 0 Å². The van der Waals surface area contributed by atoms with Crippen LogP contribution in [0.5, 0.6) is 0 Å². The van der Waals surface area contributed by atoms with Crippen LogP contribution in [0.1, 0.15) is 0 Å². The predicted octanol–water partition coefficient (Wildman–Crippen LogP) is 11.5. The van der Waals surface area contributed by atoms with Crippen LogP contribution in [0.3, 0.4) is 0 Å². The van der Waals surface area contributed by atoms with Gasteiger partial charge in [0, 0.05) is 33.5 Å². The van der Waals surface area contributed by atoms with Crippen molar-refractivity contribution in [3.8, 4) is 45.6 Å². The van der Waals surface area contributed by atoms with Gasteiger partial charge in [-0.1, -0.05) is 97.1 Å². The quantitative estimate of drug-likeness (QED) is 0.112. The van der Waals surface area contributed by atoms with Crippen LogP contribution in [0, 0.1) is 0 Å². The molecule has 0 saturated carbocycles. The van der Waals surface area contributed by atoms with Crippen LogP contribution in [-0.4, -0.2) is 29.9 Å². The van der Waals surface area contributed by atoms with Crippen LogP contribution in [0.15, 0.2) is 152 Å². The Labute approximate surface area is 336 Å². The van der Waals surface area contributed by atoms with Crippen molar-refractivity contribution < 1.29 is 19.5 Å². The topological polar surface area (TPSA) is 91.4 Å². The fourth-order valence-electron chi connectivity index (χ4n) is 8.57. The Bertz CT molecular complexity index is 3260. The summed E-state index contributed by atoms with van der Waals surface area (Å²) in [5.41, 5.74) is 6.34. The zero-order valence-electron chi connectivity index (χ0n) is 30.3. The minimum Gasteiger partial charge on any atom is -0.357 e. The van der Waals surface area contributed by atoms with E-state index in [0.29, 0.717) is 34.6 Å². The SMILES string of the molecule is [Zn+2].c1ccc2cc3c(cc2c1)-c1nc-3nc2[n-]c(nc3nc(nc4[cH-]c(n1)c1cc5ccccc5cc41)-c1cc4ccccc4cc1-3)c1cc3ccccc3cc21. The standard InChI is InChI=1S/C49H25N7.Zn/c1-2-10-27-18-35-34(17-26(27)9-1)42-25-43(35)51-45-37-20-29-12-4-6-14-31(29)22-39(37)47(53-45)55-49-41-24-33-16-8-7-15-32(33)23-40(41)48(56-49)54-46-38-21-30-13-5-3-11-28(30)19-36(38)44(50-42)52-46;/h1-25H;/q-2;+2. The summed E-state index contributed by atoms with van der Waals surface area (Å²) >= 11 is 0. The third-order valence-electron chi connectivity index (χ3n) is 11.3. The van der Waals surface area contributed by atoms with E-state index in [9.17, 15) is 0 Å². The number of rotatable bonds is 0. The van der Waals surface area contributed by atoms with Gasteiger partial charge in [0.05, 0.1) is 11.6 Å². The number of aromatic nitrogens is 7. The van der Waals surface area contributed by atoms with Crippen molar-refractivity contribution in [1.82, 2.24) is 34.9 Å². The molecule has 57 heavy (non-hydrogen) atoms. The minimum atomic E-state index is 0. The summed E-state index contributed by atoms with van der Waals surface area (Å²) in [6.45, 7) is 0. The van der Waals surface area contributed by atoms with Crippen molar-refractivity contribution in [2.45, 2.75) is 0 Å². The third kappa shape index (κ3) is 4.84. The largest absolute Gasteiger partial charge is 2.00 e. The van der Waals surface area contributed by atoms with E-state index in [1.807, 2.05) is 0 Å². The first-order valence-corrected chi connectivity index (χ1v) is 18.6. The molecule has 2 aliphatic rings. The first-order valence-electron chi connectivity index (χ1n) is 18.6. The molecule has 11 aromatic rings. The Morgan fingerprint density at radius 1 is 0.316 bits per heavy atom. The summed E-state index contributed by atoms with van der Waals surface area (Å²) in [7, 11) is 0. The van der Waals surface area contributed by atoms with Crippen molar-refractivity contribution in [2.24, 2.45) is 0 Å². The van der Waals surface area contributed by atoms with Crippen LogP contribution >= 0.6 is 0 Å². The minimum absolute atomic E-state index is 0. The molecular weight excluding hydrogens is 752 g/mol. The molecule has 8 heteroatoms. The molecule has 0 fully saturated rings. The molecule has 0 N–H and O–H groups in total. The van der Waals surface area contributed by atoms with Gasteiger partial charge in [-0.05, 0) is 101 Å². The Balaban J connectivity index is 0.00000356. The number of hydrogen-bond acceptors (Lipinski definition) is 6. The molecule has 7 nitrogen and oxygen atoms in total. The zero-order chi connectivity index (χ0) is 36.5. The number of benzene rings is 8. The molecule has 0 saturated heterocycles. The van der Waals surface area contributed by atoms with Crippen LogP contribution in [0.2, 0.25) is 0 Å². The van der Waals surface area contributed by atoms with Gasteiger partial charge in [0.15, 0.2) is 11.6 Å². The second kappa shape index (κ2) is 11.9. The van der Waals surface area contributed by atoms with Gasteiger partial charge in [-0.25, -0.2) is 9.97 Å². The summed E-state index contributed by atoms with van der Waals surface area (Å²) in [5.74, 6) is 2.32. The van der Waals surface area contributed by atoms with Crippen LogP contribution in [0.25, 0.3) is 133 Å². The van der Waals surface area contributed by atoms with Crippen LogP contribution < -0.4 is 4.98 Å². The van der Waals surface area contributed by atoms with E-state index in [1.54, 1.807) is 0 Å². The van der Waals surface area contributed by atoms with Crippen molar-refractivity contribution in [2.75, 3.05) is 0 Å². The predicted molar refractivity (Wildman–Crippen MR) is 226 cm³/mol. The number of nitrogens with zero attached hydrogens (tertiary/aromatic N) is 7. The van der Waals surface area contributed by atoms with E-state index >= 15 is 0 Å². The summed E-state index contributed by atoms with van der Waals surface area (Å²) in [6.07, 6.45) is 0. The Morgan fingerprint density at radius 3 is 0.930 bits per heavy atom. The maximum absolute atomic E-state index is 5.36. The first kappa shape index (κ1) is 32.1. The van der Waals surface area contributed by atoms with E-state index in [1.165, 1.54) is 0 Å². The van der Waals surface area contributed by atoms with E-state index in [2.05, 4.69) is 152 Å². The molecular formula is C49H25N7Zn. The van der Waals surface area contributed by atoms with Gasteiger partial charge in [-0.3, -0.25) is 9.97 Å². The van der Waals surface area contributed by atoms with Gasteiger partial charge in [0.25, 0.3) is 0 Å². The molecule has 9 aromatic carbocycles. The van der Waals surface area contributed by atoms with E-state index in [-0.39, 0.29) is 19.5 Å². The molecule has 0 amide bonds. The molecule has 4 heterocycles. The average Bonchev–Trinajstić information content (AvgIpc) is 3.95. The fraction of sp³-hybridized carbons (Fsp3) is 0. The summed E-state index contributed by atoms with van der Waals surface area (Å²) in [5, 5.41) is 12.6. The van der Waals surface area contributed by atoms with Gasteiger partial charge >= 0.3 is 19.5 Å². The summed E-state index contributed by atoms with van der Waals surface area (Å²) in [4.78, 5) is 36.8. The Kier molecular flexibility index (Phi) is 6.72. The smallest absolute Gasteiger partial charge is 0.357 e. The second-order valence-corrected chi connectivity index (χ2v) is 14.6. The average molecular weight is 777 g/mol. The molecule has 13 rings (SSSR count). The molecule has 8 bridgehead atoms. The van der Waals surface area contributed by atoms with Crippen molar-refractivity contribution >= 4 is 87.0 Å². The molecule has 2 aromatic heterocycles. The van der Waals surface area contributed by atoms with Crippen LogP contribution in [0.4, 0.5) is 0 Å². The number of fused-ring (bicyclic) bond motifs is 24. The normalized spacial score (nSPS) is 12.1. The van der Waals surface area contributed by atoms with E-state index < -0.39 is 0 Å². The fourth-order valence-corrected chi connectivity index (χ4v) is 8.57. The molecule has 0 spiro atoms. The van der Waals surface area contributed by atoms with E-state index in [4.69, 9.17) is 34.9 Å². The van der Waals surface area contributed by atoms with Gasteiger partial charge < -0.3 is 15.0 Å². The monoisotopic (exact) mass is 775 g/mol. The zero-order valence-corrected chi connectivity index (χ0v) is 33.2.